The molecule has 1 aliphatic carbocycles. The number of nitrogens with zero attached hydrogens (tertiary/aromatic N) is 2. The molecule has 5 rings (SSSR count). The summed E-state index contributed by atoms with van der Waals surface area (Å²) in [5.74, 6) is -0.165. The standard InChI is InChI=1S/C25H27ClN2O3/c1-28(10-2-3-11-28)15-23-19-7-5-18(29)12-16(19)8-9-27(23)25(31)22-14-24(30)20-6-4-17(26)13-21(20)22/h4-7,12-13,22-23H,2-3,8-11,14-15H2,1H3/p+1. The van der Waals surface area contributed by atoms with E-state index in [1.807, 2.05) is 17.0 Å². The Balaban J connectivity index is 1.51. The summed E-state index contributed by atoms with van der Waals surface area (Å²) in [6.45, 7) is 3.69. The molecule has 0 aromatic heterocycles. The molecule has 3 aliphatic rings. The lowest BCUT2D eigenvalue weighted by Gasteiger charge is -2.42. The van der Waals surface area contributed by atoms with Gasteiger partial charge in [-0.15, -0.1) is 0 Å². The van der Waals surface area contributed by atoms with Crippen LogP contribution in [0.1, 0.15) is 58.3 Å². The average Bonchev–Trinajstić information content (AvgIpc) is 3.30. The molecule has 2 heterocycles. The molecule has 6 heteroatoms. The van der Waals surface area contributed by atoms with Crippen molar-refractivity contribution in [1.29, 1.82) is 0 Å². The van der Waals surface area contributed by atoms with Crippen LogP contribution in [0, 0.1) is 0 Å². The number of ketones is 1. The number of carbonyl (C=O) groups is 2. The second-order valence-corrected chi connectivity index (χ2v) is 9.98. The molecule has 0 saturated carbocycles. The second-order valence-electron chi connectivity index (χ2n) is 9.55. The maximum Gasteiger partial charge on any atom is 0.231 e. The number of phenols is 1. The Labute approximate surface area is 187 Å². The summed E-state index contributed by atoms with van der Waals surface area (Å²) in [6.07, 6.45) is 3.34. The highest BCUT2D eigenvalue weighted by molar-refractivity contribution is 6.31. The van der Waals surface area contributed by atoms with Crippen molar-refractivity contribution in [2.75, 3.05) is 33.2 Å². The van der Waals surface area contributed by atoms with E-state index >= 15 is 0 Å². The lowest BCUT2D eigenvalue weighted by atomic mass is 9.89. The van der Waals surface area contributed by atoms with Gasteiger partial charge in [0.25, 0.3) is 0 Å². The Morgan fingerprint density at radius 1 is 1.16 bits per heavy atom. The smallest absolute Gasteiger partial charge is 0.231 e. The fraction of sp³-hybridized carbons (Fsp3) is 0.440. The quantitative estimate of drug-likeness (QED) is 0.733. The van der Waals surface area contributed by atoms with Gasteiger partial charge in [0.05, 0.1) is 26.1 Å². The summed E-state index contributed by atoms with van der Waals surface area (Å²) in [5.41, 5.74) is 3.63. The van der Waals surface area contributed by atoms with Crippen molar-refractivity contribution in [1.82, 2.24) is 4.90 Å². The molecular formula is C25H28ClN2O3+. The Hall–Kier alpha value is -2.37. The number of amides is 1. The highest BCUT2D eigenvalue weighted by Gasteiger charge is 2.43. The van der Waals surface area contributed by atoms with Crippen LogP contribution in [0.2, 0.25) is 5.02 Å². The van der Waals surface area contributed by atoms with Crippen molar-refractivity contribution in [2.24, 2.45) is 0 Å². The molecule has 0 radical (unpaired) electrons. The van der Waals surface area contributed by atoms with Crippen LogP contribution in [-0.4, -0.2) is 59.4 Å². The molecule has 162 valence electrons. The van der Waals surface area contributed by atoms with Crippen LogP contribution >= 0.6 is 11.6 Å². The van der Waals surface area contributed by atoms with E-state index in [0.717, 1.165) is 40.8 Å². The number of hydrogen-bond acceptors (Lipinski definition) is 3. The molecule has 1 amide bonds. The van der Waals surface area contributed by atoms with E-state index < -0.39 is 5.92 Å². The Bertz CT molecular complexity index is 1060. The molecule has 0 bridgehead atoms. The van der Waals surface area contributed by atoms with Gasteiger partial charge in [0, 0.05) is 36.4 Å². The second kappa shape index (κ2) is 7.64. The average molecular weight is 440 g/mol. The molecule has 1 N–H and O–H groups in total. The minimum absolute atomic E-state index is 0.0161. The van der Waals surface area contributed by atoms with Crippen LogP contribution in [0.4, 0.5) is 0 Å². The minimum atomic E-state index is -0.466. The van der Waals surface area contributed by atoms with E-state index in [9.17, 15) is 14.7 Å². The summed E-state index contributed by atoms with van der Waals surface area (Å²) in [4.78, 5) is 28.4. The Morgan fingerprint density at radius 3 is 2.71 bits per heavy atom. The van der Waals surface area contributed by atoms with Crippen LogP contribution in [0.3, 0.4) is 0 Å². The molecule has 5 nitrogen and oxygen atoms in total. The monoisotopic (exact) mass is 439 g/mol. The van der Waals surface area contributed by atoms with E-state index in [2.05, 4.69) is 7.05 Å². The third kappa shape index (κ3) is 3.64. The zero-order valence-corrected chi connectivity index (χ0v) is 18.6. The number of fused-ring (bicyclic) bond motifs is 2. The Kier molecular flexibility index (Phi) is 5.06. The predicted molar refractivity (Wildman–Crippen MR) is 119 cm³/mol. The number of benzene rings is 2. The number of likely N-dealkylation sites (tertiary alicyclic amines) is 1. The minimum Gasteiger partial charge on any atom is -0.508 e. The third-order valence-electron chi connectivity index (χ3n) is 7.40. The van der Waals surface area contributed by atoms with Crippen LogP contribution in [0.5, 0.6) is 5.75 Å². The van der Waals surface area contributed by atoms with Gasteiger partial charge in [-0.25, -0.2) is 0 Å². The predicted octanol–water partition coefficient (Wildman–Crippen LogP) is 4.08. The van der Waals surface area contributed by atoms with Crippen LogP contribution in [-0.2, 0) is 11.2 Å². The summed E-state index contributed by atoms with van der Waals surface area (Å²) in [6, 6.07) is 10.7. The molecule has 2 aliphatic heterocycles. The van der Waals surface area contributed by atoms with E-state index in [1.165, 1.54) is 12.8 Å². The number of halogens is 1. The van der Waals surface area contributed by atoms with Crippen LogP contribution in [0.25, 0.3) is 0 Å². The van der Waals surface area contributed by atoms with E-state index in [0.29, 0.717) is 23.6 Å². The molecular weight excluding hydrogens is 412 g/mol. The number of Topliss-reactive ketones (excluding diaryl/α,β-unsaturated/α-hetero) is 1. The maximum atomic E-state index is 13.9. The number of carbonyl (C=O) groups excluding carboxylic acids is 2. The fourth-order valence-corrected chi connectivity index (χ4v) is 5.94. The van der Waals surface area contributed by atoms with Crippen LogP contribution < -0.4 is 0 Å². The molecule has 2 aromatic carbocycles. The normalized spacial score (nSPS) is 24.2. The van der Waals surface area contributed by atoms with Gasteiger partial charge in [0.2, 0.25) is 5.91 Å². The van der Waals surface area contributed by atoms with E-state index in [4.69, 9.17) is 11.6 Å². The van der Waals surface area contributed by atoms with Crippen molar-refractivity contribution in [3.63, 3.8) is 0 Å². The van der Waals surface area contributed by atoms with Crippen molar-refractivity contribution in [2.45, 2.75) is 37.6 Å². The van der Waals surface area contributed by atoms with Crippen molar-refractivity contribution in [3.8, 4) is 5.75 Å². The van der Waals surface area contributed by atoms with E-state index in [-0.39, 0.29) is 29.9 Å². The summed E-state index contributed by atoms with van der Waals surface area (Å²) >= 11 is 6.21. The van der Waals surface area contributed by atoms with Gasteiger partial charge in [0.15, 0.2) is 5.78 Å². The highest BCUT2D eigenvalue weighted by atomic mass is 35.5. The number of phenolic OH excluding ortho intramolecular Hbond substituents is 1. The first kappa shape index (κ1) is 20.5. The van der Waals surface area contributed by atoms with Crippen molar-refractivity contribution < 1.29 is 19.2 Å². The number of aromatic hydroxyl groups is 1. The van der Waals surface area contributed by atoms with Gasteiger partial charge in [-0.2, -0.15) is 0 Å². The number of hydrogen-bond donors (Lipinski definition) is 1. The third-order valence-corrected chi connectivity index (χ3v) is 7.64. The Morgan fingerprint density at radius 2 is 1.94 bits per heavy atom. The summed E-state index contributed by atoms with van der Waals surface area (Å²) in [7, 11) is 2.28. The highest BCUT2D eigenvalue weighted by Crippen LogP contribution is 2.41. The van der Waals surface area contributed by atoms with Gasteiger partial charge in [-0.05, 0) is 53.4 Å². The lowest BCUT2D eigenvalue weighted by molar-refractivity contribution is -0.900. The fourth-order valence-electron chi connectivity index (χ4n) is 5.76. The van der Waals surface area contributed by atoms with E-state index in [1.54, 1.807) is 24.3 Å². The van der Waals surface area contributed by atoms with Gasteiger partial charge in [0.1, 0.15) is 18.3 Å². The molecule has 2 unspecified atom stereocenters. The zero-order chi connectivity index (χ0) is 21.8. The molecule has 2 atom stereocenters. The van der Waals surface area contributed by atoms with Gasteiger partial charge < -0.3 is 14.5 Å². The first-order valence-corrected chi connectivity index (χ1v) is 11.5. The van der Waals surface area contributed by atoms with Gasteiger partial charge >= 0.3 is 0 Å². The van der Waals surface area contributed by atoms with Crippen LogP contribution in [0.15, 0.2) is 36.4 Å². The number of rotatable bonds is 3. The molecule has 1 fully saturated rings. The maximum absolute atomic E-state index is 13.9. The SMILES string of the molecule is C[N+]1(CC2c3ccc(O)cc3CCN2C(=O)C2CC(=O)c3ccc(Cl)cc32)CCCC1. The molecule has 0 spiro atoms. The summed E-state index contributed by atoms with van der Waals surface area (Å²) in [5, 5.41) is 10.5. The molecule has 2 aromatic rings. The summed E-state index contributed by atoms with van der Waals surface area (Å²) < 4.78 is 0.945. The van der Waals surface area contributed by atoms with Crippen molar-refractivity contribution in [3.05, 3.63) is 63.7 Å². The first-order valence-electron chi connectivity index (χ1n) is 11.1. The first-order chi connectivity index (χ1) is 14.8. The zero-order valence-electron chi connectivity index (χ0n) is 17.8. The van der Waals surface area contributed by atoms with Gasteiger partial charge in [-0.3, -0.25) is 9.59 Å². The molecule has 1 saturated heterocycles. The van der Waals surface area contributed by atoms with Crippen molar-refractivity contribution >= 4 is 23.3 Å². The molecule has 31 heavy (non-hydrogen) atoms. The lowest BCUT2D eigenvalue weighted by Crippen LogP contribution is -2.52. The largest absolute Gasteiger partial charge is 0.508 e. The number of likely N-dealkylation sites (N-methyl/N-ethyl adjacent to an activating group) is 1. The van der Waals surface area contributed by atoms with Gasteiger partial charge in [-0.1, -0.05) is 17.7 Å². The topological polar surface area (TPSA) is 57.6 Å². The number of quaternary nitrogens is 1.